The molecule has 1 unspecified atom stereocenters. The Hall–Kier alpha value is -2.74. The second-order valence-electron chi connectivity index (χ2n) is 6.13. The van der Waals surface area contributed by atoms with E-state index in [2.05, 4.69) is 5.32 Å². The molecule has 0 heterocycles. The van der Waals surface area contributed by atoms with Crippen LogP contribution >= 0.6 is 11.6 Å². The number of hydrogen-bond acceptors (Lipinski definition) is 3. The number of likely N-dealkylation sites (N-methyl/N-ethyl adjacent to an activating group) is 1. The molecule has 0 aromatic heterocycles. The topological polar surface area (TPSA) is 58.6 Å². The summed E-state index contributed by atoms with van der Waals surface area (Å²) in [4.78, 5) is 26.1. The lowest BCUT2D eigenvalue weighted by Crippen LogP contribution is -2.44. The first-order valence-corrected chi connectivity index (χ1v) is 9.17. The van der Waals surface area contributed by atoms with Crippen molar-refractivity contribution in [1.29, 1.82) is 0 Å². The van der Waals surface area contributed by atoms with Crippen LogP contribution in [-0.2, 0) is 15.8 Å². The summed E-state index contributed by atoms with van der Waals surface area (Å²) in [6.07, 6.45) is -5.55. The first-order chi connectivity index (χ1) is 13.6. The summed E-state index contributed by atoms with van der Waals surface area (Å²) in [7, 11) is 0. The molecule has 2 rings (SSSR count). The molecule has 2 amide bonds. The lowest BCUT2D eigenvalue weighted by molar-refractivity contribution is -0.140. The largest absolute Gasteiger partial charge is 0.479 e. The molecule has 9 heteroatoms. The van der Waals surface area contributed by atoms with Crippen molar-refractivity contribution in [2.24, 2.45) is 0 Å². The van der Waals surface area contributed by atoms with Crippen molar-refractivity contribution in [3.63, 3.8) is 0 Å². The van der Waals surface area contributed by atoms with Crippen molar-refractivity contribution in [3.05, 3.63) is 59.1 Å². The molecule has 0 aliphatic carbocycles. The number of hydrogen-bond donors (Lipinski definition) is 1. The molecule has 29 heavy (non-hydrogen) atoms. The summed E-state index contributed by atoms with van der Waals surface area (Å²) >= 11 is 6.01. The van der Waals surface area contributed by atoms with Crippen LogP contribution < -0.4 is 10.1 Å². The second-order valence-corrected chi connectivity index (χ2v) is 6.54. The van der Waals surface area contributed by atoms with Crippen LogP contribution in [0.5, 0.6) is 5.75 Å². The maximum absolute atomic E-state index is 13.1. The van der Waals surface area contributed by atoms with E-state index in [9.17, 15) is 22.8 Å². The summed E-state index contributed by atoms with van der Waals surface area (Å²) < 4.78 is 44.7. The first-order valence-electron chi connectivity index (χ1n) is 8.79. The molecule has 5 nitrogen and oxygen atoms in total. The third kappa shape index (κ3) is 6.12. The van der Waals surface area contributed by atoms with Crippen LogP contribution in [0.4, 0.5) is 18.9 Å². The Bertz CT molecular complexity index is 874. The van der Waals surface area contributed by atoms with E-state index in [4.69, 9.17) is 16.3 Å². The van der Waals surface area contributed by atoms with Crippen molar-refractivity contribution >= 4 is 29.1 Å². The van der Waals surface area contributed by atoms with Gasteiger partial charge < -0.3 is 15.0 Å². The Balaban J connectivity index is 2.05. The minimum Gasteiger partial charge on any atom is -0.479 e. The zero-order valence-corrected chi connectivity index (χ0v) is 16.6. The van der Waals surface area contributed by atoms with Crippen molar-refractivity contribution in [3.8, 4) is 5.75 Å². The normalized spacial score (nSPS) is 12.2. The molecule has 0 aliphatic heterocycles. The summed E-state index contributed by atoms with van der Waals surface area (Å²) in [5.74, 6) is -0.928. The number of carbonyl (C=O) groups excluding carboxylic acids is 2. The van der Waals surface area contributed by atoms with Gasteiger partial charge in [-0.3, -0.25) is 9.59 Å². The van der Waals surface area contributed by atoms with E-state index < -0.39 is 36.2 Å². The predicted molar refractivity (Wildman–Crippen MR) is 104 cm³/mol. The van der Waals surface area contributed by atoms with Gasteiger partial charge in [0.05, 0.1) is 22.8 Å². The zero-order valence-electron chi connectivity index (χ0n) is 15.8. The fourth-order valence-corrected chi connectivity index (χ4v) is 2.77. The smallest absolute Gasteiger partial charge is 0.418 e. The van der Waals surface area contributed by atoms with Gasteiger partial charge in [-0.1, -0.05) is 35.9 Å². The Morgan fingerprint density at radius 2 is 1.76 bits per heavy atom. The average Bonchev–Trinajstić information content (AvgIpc) is 2.67. The monoisotopic (exact) mass is 428 g/mol. The van der Waals surface area contributed by atoms with Crippen LogP contribution in [0.2, 0.25) is 5.02 Å². The average molecular weight is 429 g/mol. The van der Waals surface area contributed by atoms with Crippen LogP contribution in [0, 0.1) is 0 Å². The van der Waals surface area contributed by atoms with Gasteiger partial charge in [0.15, 0.2) is 6.10 Å². The molecule has 2 aromatic rings. The lowest BCUT2D eigenvalue weighted by Gasteiger charge is -2.25. The predicted octanol–water partition coefficient (Wildman–Crippen LogP) is 4.61. The van der Waals surface area contributed by atoms with Gasteiger partial charge in [0.25, 0.3) is 5.91 Å². The number of para-hydroxylation sites is 2. The van der Waals surface area contributed by atoms with Crippen molar-refractivity contribution in [2.75, 3.05) is 18.4 Å². The number of nitrogens with one attached hydrogen (secondary N) is 1. The highest BCUT2D eigenvalue weighted by atomic mass is 35.5. The second kappa shape index (κ2) is 9.65. The van der Waals surface area contributed by atoms with Crippen LogP contribution in [-0.4, -0.2) is 35.9 Å². The molecule has 1 atom stereocenters. The van der Waals surface area contributed by atoms with E-state index in [-0.39, 0.29) is 12.2 Å². The van der Waals surface area contributed by atoms with Gasteiger partial charge in [-0.05, 0) is 38.1 Å². The van der Waals surface area contributed by atoms with E-state index in [1.54, 1.807) is 31.2 Å². The first kappa shape index (κ1) is 22.5. The molecule has 1 N–H and O–H groups in total. The summed E-state index contributed by atoms with van der Waals surface area (Å²) in [5.41, 5.74) is -1.33. The molecule has 0 saturated heterocycles. The third-order valence-corrected chi connectivity index (χ3v) is 4.33. The maximum Gasteiger partial charge on any atom is 0.418 e. The van der Waals surface area contributed by atoms with Gasteiger partial charge in [0.1, 0.15) is 5.75 Å². The van der Waals surface area contributed by atoms with Gasteiger partial charge in [0, 0.05) is 6.54 Å². The van der Waals surface area contributed by atoms with Crippen LogP contribution in [0.3, 0.4) is 0 Å². The van der Waals surface area contributed by atoms with Crippen molar-refractivity contribution in [1.82, 2.24) is 4.90 Å². The SMILES string of the molecule is CCN(CC(=O)Nc1ccccc1C(F)(F)F)C(=O)C(C)Oc1ccccc1Cl. The molecule has 0 saturated carbocycles. The quantitative estimate of drug-likeness (QED) is 0.700. The van der Waals surface area contributed by atoms with E-state index in [1.807, 2.05) is 0 Å². The van der Waals surface area contributed by atoms with Gasteiger partial charge in [-0.15, -0.1) is 0 Å². The number of alkyl halides is 3. The molecule has 2 aromatic carbocycles. The molecule has 0 spiro atoms. The van der Waals surface area contributed by atoms with Crippen molar-refractivity contribution in [2.45, 2.75) is 26.1 Å². The Morgan fingerprint density at radius 3 is 2.38 bits per heavy atom. The molecule has 0 aliphatic rings. The highest BCUT2D eigenvalue weighted by Gasteiger charge is 2.33. The summed E-state index contributed by atoms with van der Waals surface area (Å²) in [6, 6.07) is 11.3. The van der Waals surface area contributed by atoms with E-state index >= 15 is 0 Å². The number of benzene rings is 2. The zero-order chi connectivity index (χ0) is 21.6. The number of rotatable bonds is 7. The Morgan fingerprint density at radius 1 is 1.14 bits per heavy atom. The maximum atomic E-state index is 13.1. The van der Waals surface area contributed by atoms with Crippen LogP contribution in [0.25, 0.3) is 0 Å². The number of ether oxygens (including phenoxy) is 1. The van der Waals surface area contributed by atoms with Gasteiger partial charge in [0.2, 0.25) is 5.91 Å². The summed E-state index contributed by atoms with van der Waals surface area (Å²) in [6.45, 7) is 2.91. The Labute approximate surface area is 171 Å². The van der Waals surface area contributed by atoms with Crippen molar-refractivity contribution < 1.29 is 27.5 Å². The minimum atomic E-state index is -4.61. The van der Waals surface area contributed by atoms with Crippen LogP contribution in [0.1, 0.15) is 19.4 Å². The number of carbonyl (C=O) groups is 2. The Kier molecular flexibility index (Phi) is 7.50. The molecule has 0 bridgehead atoms. The number of halogens is 4. The highest BCUT2D eigenvalue weighted by Crippen LogP contribution is 2.34. The number of anilines is 1. The summed E-state index contributed by atoms with van der Waals surface area (Å²) in [5, 5.41) is 2.55. The fourth-order valence-electron chi connectivity index (χ4n) is 2.59. The molecule has 0 fully saturated rings. The molecule has 0 radical (unpaired) electrons. The third-order valence-electron chi connectivity index (χ3n) is 4.02. The minimum absolute atomic E-state index is 0.170. The number of amides is 2. The fraction of sp³-hybridized carbons (Fsp3) is 0.300. The molecular formula is C20H20ClF3N2O3. The van der Waals surface area contributed by atoms with Gasteiger partial charge >= 0.3 is 6.18 Å². The van der Waals surface area contributed by atoms with E-state index in [0.717, 1.165) is 12.1 Å². The number of nitrogens with zero attached hydrogens (tertiary/aromatic N) is 1. The van der Waals surface area contributed by atoms with Gasteiger partial charge in [-0.25, -0.2) is 0 Å². The lowest BCUT2D eigenvalue weighted by atomic mass is 10.1. The standard InChI is InChI=1S/C20H20ClF3N2O3/c1-3-26(19(28)13(2)29-17-11-7-5-9-15(17)21)12-18(27)25-16-10-6-4-8-14(16)20(22,23)24/h4-11,13H,3,12H2,1-2H3,(H,25,27). The van der Waals surface area contributed by atoms with Crippen LogP contribution in [0.15, 0.2) is 48.5 Å². The van der Waals surface area contributed by atoms with E-state index in [0.29, 0.717) is 10.8 Å². The molecule has 156 valence electrons. The van der Waals surface area contributed by atoms with Gasteiger partial charge in [-0.2, -0.15) is 13.2 Å². The molecular weight excluding hydrogens is 409 g/mol. The highest BCUT2D eigenvalue weighted by molar-refractivity contribution is 6.32. The van der Waals surface area contributed by atoms with E-state index in [1.165, 1.54) is 24.0 Å².